The van der Waals surface area contributed by atoms with Crippen LogP contribution in [0.2, 0.25) is 0 Å². The molecule has 0 fully saturated rings. The van der Waals surface area contributed by atoms with Crippen LogP contribution in [0.1, 0.15) is 11.3 Å². The number of benzene rings is 1. The minimum Gasteiger partial charge on any atom is -0.469 e. The normalized spacial score (nSPS) is 10.7. The predicted octanol–water partition coefficient (Wildman–Crippen LogP) is 3.11. The van der Waals surface area contributed by atoms with E-state index in [9.17, 15) is 9.90 Å². The maximum absolute atomic E-state index is 11.2. The Morgan fingerprint density at radius 3 is 2.52 bits per heavy atom. The van der Waals surface area contributed by atoms with E-state index >= 15 is 0 Å². The Kier molecular flexibility index (Phi) is 3.63. The van der Waals surface area contributed by atoms with E-state index in [-0.39, 0.29) is 5.82 Å². The van der Waals surface area contributed by atoms with Gasteiger partial charge < -0.3 is 9.52 Å². The van der Waals surface area contributed by atoms with E-state index in [1.54, 1.807) is 18.4 Å². The molecule has 0 saturated heterocycles. The van der Waals surface area contributed by atoms with Gasteiger partial charge in [-0.1, -0.05) is 17.7 Å². The molecular formula is C16H16N4O3. The highest BCUT2D eigenvalue weighted by Gasteiger charge is 2.20. The molecule has 23 heavy (non-hydrogen) atoms. The van der Waals surface area contributed by atoms with Crippen molar-refractivity contribution in [1.82, 2.24) is 9.78 Å². The Morgan fingerprint density at radius 1 is 1.26 bits per heavy atom. The van der Waals surface area contributed by atoms with Gasteiger partial charge in [-0.15, -0.1) is 0 Å². The van der Waals surface area contributed by atoms with Gasteiger partial charge >= 0.3 is 6.09 Å². The molecule has 0 aliphatic heterocycles. The number of aryl methyl sites for hydroxylation is 2. The SMILES string of the molecule is Cc1ccc(-n2nc(-c3ccoc3C)cc2N(N)C(=O)O)cc1. The lowest BCUT2D eigenvalue weighted by molar-refractivity contribution is 0.201. The van der Waals surface area contributed by atoms with Crippen LogP contribution in [0.4, 0.5) is 10.6 Å². The third-order valence-electron chi connectivity index (χ3n) is 3.56. The van der Waals surface area contributed by atoms with Gasteiger partial charge in [-0.25, -0.2) is 15.3 Å². The highest BCUT2D eigenvalue weighted by molar-refractivity contribution is 5.85. The average molecular weight is 312 g/mol. The standard InChI is InChI=1S/C16H16N4O3/c1-10-3-5-12(6-4-10)20-15(19(17)16(21)22)9-14(18-20)13-7-8-23-11(13)2/h3-9H,17H2,1-2H3,(H,21,22). The van der Waals surface area contributed by atoms with Gasteiger partial charge in [0.15, 0.2) is 5.82 Å². The first-order valence-corrected chi connectivity index (χ1v) is 6.96. The van der Waals surface area contributed by atoms with Crippen molar-refractivity contribution in [2.24, 2.45) is 5.84 Å². The fourth-order valence-electron chi connectivity index (χ4n) is 2.30. The minimum atomic E-state index is -1.27. The van der Waals surface area contributed by atoms with E-state index in [4.69, 9.17) is 10.3 Å². The molecule has 3 N–H and O–H groups in total. The molecule has 0 aliphatic rings. The van der Waals surface area contributed by atoms with Gasteiger partial charge in [0.1, 0.15) is 5.76 Å². The molecule has 0 atom stereocenters. The van der Waals surface area contributed by atoms with E-state index < -0.39 is 6.09 Å². The number of rotatable bonds is 3. The highest BCUT2D eigenvalue weighted by atomic mass is 16.4. The quantitative estimate of drug-likeness (QED) is 0.440. The van der Waals surface area contributed by atoms with Crippen LogP contribution in [0.5, 0.6) is 0 Å². The van der Waals surface area contributed by atoms with Crippen LogP contribution >= 0.6 is 0 Å². The molecule has 0 saturated carbocycles. The summed E-state index contributed by atoms with van der Waals surface area (Å²) in [5, 5.41) is 14.3. The lowest BCUT2D eigenvalue weighted by atomic mass is 10.2. The number of nitrogens with two attached hydrogens (primary N) is 1. The van der Waals surface area contributed by atoms with Crippen LogP contribution in [0.3, 0.4) is 0 Å². The Bertz CT molecular complexity index is 849. The van der Waals surface area contributed by atoms with Crippen LogP contribution in [0.25, 0.3) is 16.9 Å². The number of carboxylic acid groups (broad SMARTS) is 1. The van der Waals surface area contributed by atoms with E-state index in [0.29, 0.717) is 16.5 Å². The molecule has 7 heteroatoms. The van der Waals surface area contributed by atoms with E-state index in [2.05, 4.69) is 5.10 Å². The first kappa shape index (κ1) is 14.9. The number of hydrazine groups is 1. The Hall–Kier alpha value is -3.06. The van der Waals surface area contributed by atoms with Crippen molar-refractivity contribution in [2.45, 2.75) is 13.8 Å². The largest absolute Gasteiger partial charge is 0.469 e. The zero-order chi connectivity index (χ0) is 16.6. The fraction of sp³-hybridized carbons (Fsp3) is 0.125. The molecule has 0 radical (unpaired) electrons. The number of carbonyl (C=O) groups is 1. The van der Waals surface area contributed by atoms with Crippen LogP contribution in [0, 0.1) is 13.8 Å². The van der Waals surface area contributed by atoms with Gasteiger partial charge in [-0.2, -0.15) is 10.1 Å². The molecule has 1 aromatic carbocycles. The highest BCUT2D eigenvalue weighted by Crippen LogP contribution is 2.29. The van der Waals surface area contributed by atoms with Crippen molar-refractivity contribution in [2.75, 3.05) is 5.01 Å². The summed E-state index contributed by atoms with van der Waals surface area (Å²) in [4.78, 5) is 11.2. The molecule has 0 aliphatic carbocycles. The summed E-state index contributed by atoms with van der Waals surface area (Å²) in [6.07, 6.45) is 0.292. The van der Waals surface area contributed by atoms with Crippen molar-refractivity contribution in [1.29, 1.82) is 0 Å². The van der Waals surface area contributed by atoms with Crippen LogP contribution < -0.4 is 10.9 Å². The molecule has 1 amide bonds. The summed E-state index contributed by atoms with van der Waals surface area (Å²) >= 11 is 0. The Morgan fingerprint density at radius 2 is 1.96 bits per heavy atom. The lowest BCUT2D eigenvalue weighted by Crippen LogP contribution is -2.37. The monoisotopic (exact) mass is 312 g/mol. The van der Waals surface area contributed by atoms with E-state index in [1.807, 2.05) is 38.1 Å². The number of aromatic nitrogens is 2. The third-order valence-corrected chi connectivity index (χ3v) is 3.56. The average Bonchev–Trinajstić information content (AvgIpc) is 3.13. The molecular weight excluding hydrogens is 296 g/mol. The predicted molar refractivity (Wildman–Crippen MR) is 85.4 cm³/mol. The number of hydrogen-bond acceptors (Lipinski definition) is 4. The number of hydrogen-bond donors (Lipinski definition) is 2. The van der Waals surface area contributed by atoms with Crippen molar-refractivity contribution >= 4 is 11.9 Å². The topological polar surface area (TPSA) is 97.5 Å². The summed E-state index contributed by atoms with van der Waals surface area (Å²) in [5.74, 6) is 6.61. The Labute approximate surface area is 132 Å². The maximum Gasteiger partial charge on any atom is 0.427 e. The first-order chi connectivity index (χ1) is 11.0. The number of anilines is 1. The first-order valence-electron chi connectivity index (χ1n) is 6.96. The third kappa shape index (κ3) is 2.69. The molecule has 2 heterocycles. The van der Waals surface area contributed by atoms with Gasteiger partial charge in [0, 0.05) is 11.6 Å². The molecule has 0 unspecified atom stereocenters. The van der Waals surface area contributed by atoms with Crippen LogP contribution in [-0.2, 0) is 0 Å². The minimum absolute atomic E-state index is 0.247. The second kappa shape index (κ2) is 5.62. The maximum atomic E-state index is 11.2. The molecule has 3 aromatic rings. The number of amides is 1. The van der Waals surface area contributed by atoms with Crippen molar-refractivity contribution in [3.8, 4) is 16.9 Å². The van der Waals surface area contributed by atoms with Crippen molar-refractivity contribution < 1.29 is 14.3 Å². The fourth-order valence-corrected chi connectivity index (χ4v) is 2.30. The number of furan rings is 1. The summed E-state index contributed by atoms with van der Waals surface area (Å²) < 4.78 is 6.78. The van der Waals surface area contributed by atoms with Crippen molar-refractivity contribution in [3.63, 3.8) is 0 Å². The van der Waals surface area contributed by atoms with Gasteiger partial charge in [0.2, 0.25) is 0 Å². The molecule has 2 aromatic heterocycles. The summed E-state index contributed by atoms with van der Waals surface area (Å²) in [7, 11) is 0. The molecule has 7 nitrogen and oxygen atoms in total. The van der Waals surface area contributed by atoms with Gasteiger partial charge in [-0.3, -0.25) is 0 Å². The van der Waals surface area contributed by atoms with Gasteiger partial charge in [0.05, 0.1) is 17.6 Å². The Balaban J connectivity index is 2.16. The second-order valence-electron chi connectivity index (χ2n) is 5.18. The van der Waals surface area contributed by atoms with Crippen molar-refractivity contribution in [3.05, 3.63) is 54.0 Å². The second-order valence-corrected chi connectivity index (χ2v) is 5.18. The van der Waals surface area contributed by atoms with Gasteiger partial charge in [-0.05, 0) is 32.0 Å². The summed E-state index contributed by atoms with van der Waals surface area (Å²) in [6, 6.07) is 11.0. The van der Waals surface area contributed by atoms with Gasteiger partial charge in [0.25, 0.3) is 0 Å². The smallest absolute Gasteiger partial charge is 0.427 e. The van der Waals surface area contributed by atoms with Crippen LogP contribution in [-0.4, -0.2) is 21.0 Å². The number of nitrogens with zero attached hydrogens (tertiary/aromatic N) is 3. The van der Waals surface area contributed by atoms with E-state index in [1.165, 1.54) is 4.68 Å². The zero-order valence-corrected chi connectivity index (χ0v) is 12.7. The van der Waals surface area contributed by atoms with Crippen LogP contribution in [0.15, 0.2) is 47.1 Å². The summed E-state index contributed by atoms with van der Waals surface area (Å²) in [5.41, 5.74) is 3.19. The summed E-state index contributed by atoms with van der Waals surface area (Å²) in [6.45, 7) is 3.79. The van der Waals surface area contributed by atoms with E-state index in [0.717, 1.165) is 16.8 Å². The molecule has 0 bridgehead atoms. The molecule has 118 valence electrons. The zero-order valence-electron chi connectivity index (χ0n) is 12.7. The molecule has 0 spiro atoms. The lowest BCUT2D eigenvalue weighted by Gasteiger charge is -2.14. The molecule has 3 rings (SSSR count).